The van der Waals surface area contributed by atoms with Gasteiger partial charge >= 0.3 is 0 Å². The monoisotopic (exact) mass is 1170 g/mol. The van der Waals surface area contributed by atoms with Crippen LogP contribution in [0.1, 0.15) is 22.3 Å². The molecule has 76 heavy (non-hydrogen) atoms. The molecular weight excluding hydrogens is 1120 g/mol. The SMILES string of the molecule is Cc1ccnc(-c2cc(Cc3ccncc3)ccn2)c1.Cc1ccncc1.[OH3+].[Ru].[Ru].c1ccc(-c2cccc(-c3ccccn3)n2)nc1.c1cnc2c(c1)ccc1cccnc12.c1cnc2c(c1)ccc1cccnc12. The maximum Gasteiger partial charge on any atom is 0.0964 e. The van der Waals surface area contributed by atoms with Gasteiger partial charge in [0.2, 0.25) is 0 Å². The largest absolute Gasteiger partial charge is 0.457 e. The molecule has 0 atom stereocenters. The van der Waals surface area contributed by atoms with Crippen molar-refractivity contribution in [3.8, 4) is 34.2 Å². The summed E-state index contributed by atoms with van der Waals surface area (Å²) in [4.78, 5) is 47.3. The fraction of sp³-hybridized carbons (Fsp3) is 0.0484. The van der Waals surface area contributed by atoms with Gasteiger partial charge in [-0.1, -0.05) is 66.7 Å². The van der Waals surface area contributed by atoms with Crippen LogP contribution < -0.4 is 0 Å². The predicted octanol–water partition coefficient (Wildman–Crippen LogP) is 12.7. The molecule has 0 fully saturated rings. The predicted molar refractivity (Wildman–Crippen MR) is 298 cm³/mol. The zero-order valence-electron chi connectivity index (χ0n) is 41.6. The molecule has 0 aliphatic rings. The molecule has 13 rings (SSSR count). The number of fused-ring (bicyclic) bond motifs is 6. The van der Waals surface area contributed by atoms with Crippen LogP contribution in [-0.2, 0) is 50.9 Å². The van der Waals surface area contributed by atoms with E-state index in [1.807, 2.05) is 147 Å². The van der Waals surface area contributed by atoms with Gasteiger partial charge in [0.25, 0.3) is 0 Å². The quantitative estimate of drug-likeness (QED) is 0.0911. The summed E-state index contributed by atoms with van der Waals surface area (Å²) in [5, 5.41) is 4.55. The molecule has 0 aliphatic carbocycles. The minimum absolute atomic E-state index is 0. The first-order valence-electron chi connectivity index (χ1n) is 23.6. The number of hydrogen-bond donors (Lipinski definition) is 0. The molecule has 11 heterocycles. The number of rotatable bonds is 5. The molecule has 376 valence electrons. The smallest absolute Gasteiger partial charge is 0.0964 e. The molecule has 0 spiro atoms. The third kappa shape index (κ3) is 15.7. The molecule has 0 unspecified atom stereocenters. The Labute approximate surface area is 466 Å². The van der Waals surface area contributed by atoms with Gasteiger partial charge in [-0.05, 0) is 152 Å². The van der Waals surface area contributed by atoms with Crippen molar-refractivity contribution < 1.29 is 44.4 Å². The van der Waals surface area contributed by atoms with E-state index >= 15 is 0 Å². The fourth-order valence-corrected chi connectivity index (χ4v) is 7.67. The van der Waals surface area contributed by atoms with E-state index in [1.165, 1.54) is 22.3 Å². The van der Waals surface area contributed by atoms with Crippen LogP contribution in [0.25, 0.3) is 77.8 Å². The number of aryl methyl sites for hydroxylation is 2. The first-order chi connectivity index (χ1) is 36.0. The number of nitrogens with zero attached hydrogens (tertiary/aromatic N) is 11. The number of aromatic nitrogens is 11. The van der Waals surface area contributed by atoms with Crippen molar-refractivity contribution >= 4 is 43.6 Å². The summed E-state index contributed by atoms with van der Waals surface area (Å²) in [7, 11) is 0. The molecule has 3 N–H and O–H groups in total. The van der Waals surface area contributed by atoms with Gasteiger partial charge in [0.15, 0.2) is 0 Å². The van der Waals surface area contributed by atoms with Gasteiger partial charge < -0.3 is 5.48 Å². The zero-order valence-corrected chi connectivity index (χ0v) is 45.1. The Bertz CT molecular complexity index is 3550. The molecular formula is C62H52N11ORu2+. The maximum atomic E-state index is 4.59. The van der Waals surface area contributed by atoms with Crippen molar-refractivity contribution in [1.82, 2.24) is 54.8 Å². The van der Waals surface area contributed by atoms with Gasteiger partial charge in [-0.3, -0.25) is 49.8 Å². The molecule has 0 saturated heterocycles. The number of hydrogen-bond acceptors (Lipinski definition) is 11. The summed E-state index contributed by atoms with van der Waals surface area (Å²) in [6.07, 6.45) is 22.5. The molecule has 2 aromatic carbocycles. The molecule has 12 nitrogen and oxygen atoms in total. The van der Waals surface area contributed by atoms with Gasteiger partial charge in [-0.2, -0.15) is 0 Å². The Hall–Kier alpha value is -8.66. The second-order valence-corrected chi connectivity index (χ2v) is 16.6. The summed E-state index contributed by atoms with van der Waals surface area (Å²) in [5.74, 6) is 0. The van der Waals surface area contributed by atoms with Crippen molar-refractivity contribution in [3.63, 3.8) is 0 Å². The molecule has 0 radical (unpaired) electrons. The number of pyridine rings is 11. The average molecular weight is 1170 g/mol. The minimum atomic E-state index is 0. The summed E-state index contributed by atoms with van der Waals surface area (Å²) in [6, 6.07) is 58.0. The Morgan fingerprint density at radius 1 is 0.276 bits per heavy atom. The van der Waals surface area contributed by atoms with Crippen LogP contribution in [-0.4, -0.2) is 54.8 Å². The van der Waals surface area contributed by atoms with Crippen LogP contribution in [0, 0.1) is 13.8 Å². The van der Waals surface area contributed by atoms with E-state index in [0.29, 0.717) is 0 Å². The van der Waals surface area contributed by atoms with Crippen molar-refractivity contribution in [2.45, 2.75) is 20.3 Å². The average Bonchev–Trinajstić information content (AvgIpc) is 3.47. The summed E-state index contributed by atoms with van der Waals surface area (Å²) >= 11 is 0. The second-order valence-electron chi connectivity index (χ2n) is 16.6. The van der Waals surface area contributed by atoms with Gasteiger partial charge in [0, 0.05) is 135 Å². The third-order valence-electron chi connectivity index (χ3n) is 11.3. The van der Waals surface area contributed by atoms with Gasteiger partial charge in [-0.25, -0.2) is 4.98 Å². The van der Waals surface area contributed by atoms with E-state index in [9.17, 15) is 0 Å². The van der Waals surface area contributed by atoms with Crippen molar-refractivity contribution in [1.29, 1.82) is 0 Å². The number of benzene rings is 2. The first kappa shape index (κ1) is 56.6. The normalized spacial score (nSPS) is 9.97. The van der Waals surface area contributed by atoms with Gasteiger partial charge in [0.1, 0.15) is 0 Å². The van der Waals surface area contributed by atoms with Crippen molar-refractivity contribution in [3.05, 3.63) is 273 Å². The Morgan fingerprint density at radius 3 is 1.05 bits per heavy atom. The standard InChI is InChI=1S/C17H15N3.C15H11N3.2C12H8N2.C6H7N.H2O.2Ru/c1-13-2-8-19-16(10-13)17-12-15(5-9-20-17)11-14-3-6-18-7-4-14;1-3-10-16-12(6-1)14-8-5-9-15(18-14)13-7-2-4-11-17-13;2*1-3-9-5-6-10-4-2-8-14-12(10)11(9)13-7-1;1-6-2-4-7-5-3-6;;;/h2-10,12H,11H2,1H3;1-11H;2*1-8H;2-5H,1H3;1H2;;/p+1. The zero-order chi connectivity index (χ0) is 49.9. The third-order valence-corrected chi connectivity index (χ3v) is 11.3. The van der Waals surface area contributed by atoms with E-state index < -0.39 is 0 Å². The Morgan fingerprint density at radius 2 is 0.645 bits per heavy atom. The van der Waals surface area contributed by atoms with Gasteiger partial charge in [0.05, 0.1) is 56.2 Å². The van der Waals surface area contributed by atoms with E-state index in [-0.39, 0.29) is 44.4 Å². The minimum Gasteiger partial charge on any atom is -0.457 e. The van der Waals surface area contributed by atoms with Gasteiger partial charge in [-0.15, -0.1) is 0 Å². The summed E-state index contributed by atoms with van der Waals surface area (Å²) in [5.41, 5.74) is 14.1. The second kappa shape index (κ2) is 29.3. The fourth-order valence-electron chi connectivity index (χ4n) is 7.67. The molecule has 14 heteroatoms. The van der Waals surface area contributed by atoms with E-state index in [4.69, 9.17) is 0 Å². The van der Waals surface area contributed by atoms with Crippen LogP contribution in [0.3, 0.4) is 0 Å². The molecule has 11 aromatic heterocycles. The Kier molecular flexibility index (Phi) is 21.8. The van der Waals surface area contributed by atoms with E-state index in [1.54, 1.807) is 49.6 Å². The molecule has 13 aromatic rings. The van der Waals surface area contributed by atoms with Crippen LogP contribution >= 0.6 is 0 Å². The van der Waals surface area contributed by atoms with Crippen LogP contribution in [0.2, 0.25) is 0 Å². The van der Waals surface area contributed by atoms with E-state index in [0.717, 1.165) is 84.2 Å². The van der Waals surface area contributed by atoms with Crippen LogP contribution in [0.5, 0.6) is 0 Å². The molecule has 0 bridgehead atoms. The first-order valence-corrected chi connectivity index (χ1v) is 23.6. The molecule has 0 saturated carbocycles. The van der Waals surface area contributed by atoms with Crippen molar-refractivity contribution in [2.75, 3.05) is 0 Å². The van der Waals surface area contributed by atoms with Crippen LogP contribution in [0.15, 0.2) is 250 Å². The van der Waals surface area contributed by atoms with E-state index in [2.05, 4.69) is 122 Å². The van der Waals surface area contributed by atoms with Crippen LogP contribution in [0.4, 0.5) is 0 Å². The summed E-state index contributed by atoms with van der Waals surface area (Å²) in [6.45, 7) is 4.10. The summed E-state index contributed by atoms with van der Waals surface area (Å²) < 4.78 is 0. The Balaban J connectivity index is 0.000000157. The topological polar surface area (TPSA) is 175 Å². The van der Waals surface area contributed by atoms with Crippen molar-refractivity contribution in [2.24, 2.45) is 0 Å². The molecule has 0 amide bonds. The molecule has 0 aliphatic heterocycles. The maximum absolute atomic E-state index is 4.59.